The molecule has 6 heteroatoms. The average molecular weight is 256 g/mol. The van der Waals surface area contributed by atoms with Crippen molar-refractivity contribution >= 4 is 46.7 Å². The van der Waals surface area contributed by atoms with Gasteiger partial charge < -0.3 is 5.32 Å². The van der Waals surface area contributed by atoms with Crippen molar-refractivity contribution in [2.45, 2.75) is 6.42 Å². The second kappa shape index (κ2) is 4.76. The first-order valence-corrected chi connectivity index (χ1v) is 5.75. The Morgan fingerprint density at radius 3 is 3.12 bits per heavy atom. The molecule has 2 rings (SSSR count). The number of aromatic amines is 1. The minimum atomic E-state index is -0.0975. The molecule has 0 aliphatic carbocycles. The van der Waals surface area contributed by atoms with Crippen LogP contribution in [0, 0.1) is 0 Å². The van der Waals surface area contributed by atoms with Crippen LogP contribution in [-0.4, -0.2) is 21.9 Å². The van der Waals surface area contributed by atoms with Crippen LogP contribution >= 0.6 is 24.2 Å². The van der Waals surface area contributed by atoms with Crippen molar-refractivity contribution in [2.75, 3.05) is 11.1 Å². The number of carbonyl (C=O) groups excluding carboxylic acids is 1. The van der Waals surface area contributed by atoms with Crippen LogP contribution in [0.25, 0.3) is 10.9 Å². The predicted octanol–water partition coefficient (Wildman–Crippen LogP) is 2.47. The lowest BCUT2D eigenvalue weighted by Gasteiger charge is -2.06. The Bertz CT molecular complexity index is 526. The fourth-order valence-electron chi connectivity index (χ4n) is 1.39. The molecule has 1 amide bonds. The lowest BCUT2D eigenvalue weighted by atomic mass is 10.2. The van der Waals surface area contributed by atoms with Gasteiger partial charge in [-0.2, -0.15) is 17.7 Å². The summed E-state index contributed by atoms with van der Waals surface area (Å²) < 4.78 is 0. The number of hydrogen-bond donors (Lipinski definition) is 3. The van der Waals surface area contributed by atoms with Crippen molar-refractivity contribution in [2.24, 2.45) is 0 Å². The number of hydrogen-bond acceptors (Lipinski definition) is 3. The van der Waals surface area contributed by atoms with Gasteiger partial charge in [0.1, 0.15) is 0 Å². The highest BCUT2D eigenvalue weighted by Gasteiger charge is 2.09. The predicted molar refractivity (Wildman–Crippen MR) is 68.2 cm³/mol. The number of halogens is 1. The molecule has 0 saturated carbocycles. The molecule has 2 N–H and O–H groups in total. The van der Waals surface area contributed by atoms with E-state index in [1.807, 2.05) is 6.07 Å². The molecule has 0 fully saturated rings. The third-order valence-electron chi connectivity index (χ3n) is 2.17. The molecule has 0 bridgehead atoms. The molecule has 0 aliphatic heterocycles. The van der Waals surface area contributed by atoms with Gasteiger partial charge in [-0.1, -0.05) is 11.6 Å². The van der Waals surface area contributed by atoms with E-state index in [0.717, 1.165) is 10.9 Å². The van der Waals surface area contributed by atoms with Crippen LogP contribution in [0.15, 0.2) is 18.3 Å². The van der Waals surface area contributed by atoms with Crippen LogP contribution in [0.4, 0.5) is 5.69 Å². The van der Waals surface area contributed by atoms with E-state index in [2.05, 4.69) is 28.1 Å². The van der Waals surface area contributed by atoms with Gasteiger partial charge in [0, 0.05) is 11.8 Å². The topological polar surface area (TPSA) is 57.8 Å². The van der Waals surface area contributed by atoms with Crippen molar-refractivity contribution < 1.29 is 4.79 Å². The van der Waals surface area contributed by atoms with Crippen molar-refractivity contribution in [3.63, 3.8) is 0 Å². The molecule has 4 nitrogen and oxygen atoms in total. The quantitative estimate of drug-likeness (QED) is 0.738. The third kappa shape index (κ3) is 2.15. The highest BCUT2D eigenvalue weighted by molar-refractivity contribution is 7.80. The fraction of sp³-hybridized carbons (Fsp3) is 0.200. The van der Waals surface area contributed by atoms with Crippen molar-refractivity contribution in [1.29, 1.82) is 0 Å². The van der Waals surface area contributed by atoms with Gasteiger partial charge in [-0.3, -0.25) is 9.89 Å². The number of amides is 1. The largest absolute Gasteiger partial charge is 0.325 e. The van der Waals surface area contributed by atoms with Gasteiger partial charge in [0.2, 0.25) is 5.91 Å². The van der Waals surface area contributed by atoms with Crippen molar-refractivity contribution in [3.8, 4) is 0 Å². The van der Waals surface area contributed by atoms with Gasteiger partial charge >= 0.3 is 0 Å². The molecule has 1 aromatic carbocycles. The van der Waals surface area contributed by atoms with E-state index in [9.17, 15) is 4.79 Å². The molecule has 0 atom stereocenters. The molecule has 0 saturated heterocycles. The third-order valence-corrected chi connectivity index (χ3v) is 2.80. The van der Waals surface area contributed by atoms with Crippen molar-refractivity contribution in [3.05, 3.63) is 23.4 Å². The van der Waals surface area contributed by atoms with E-state index in [0.29, 0.717) is 22.9 Å². The van der Waals surface area contributed by atoms with Crippen LogP contribution in [-0.2, 0) is 4.79 Å². The smallest absolute Gasteiger partial charge is 0.225 e. The van der Waals surface area contributed by atoms with Crippen LogP contribution in [0.2, 0.25) is 5.02 Å². The Morgan fingerprint density at radius 1 is 1.56 bits per heavy atom. The van der Waals surface area contributed by atoms with Crippen molar-refractivity contribution in [1.82, 2.24) is 10.2 Å². The van der Waals surface area contributed by atoms with E-state index in [1.165, 1.54) is 0 Å². The number of nitrogens with zero attached hydrogens (tertiary/aromatic N) is 1. The molecule has 16 heavy (non-hydrogen) atoms. The Kier molecular flexibility index (Phi) is 3.36. The Labute approximate surface area is 103 Å². The van der Waals surface area contributed by atoms with Crippen LogP contribution in [0.3, 0.4) is 0 Å². The fourth-order valence-corrected chi connectivity index (χ4v) is 1.86. The van der Waals surface area contributed by atoms with Crippen LogP contribution < -0.4 is 5.32 Å². The number of carbonyl (C=O) groups is 1. The maximum atomic E-state index is 11.4. The zero-order chi connectivity index (χ0) is 11.5. The number of benzene rings is 1. The van der Waals surface area contributed by atoms with E-state index in [4.69, 9.17) is 11.6 Å². The molecule has 1 heterocycles. The summed E-state index contributed by atoms with van der Waals surface area (Å²) >= 11 is 10.1. The van der Waals surface area contributed by atoms with E-state index in [1.54, 1.807) is 12.3 Å². The summed E-state index contributed by atoms with van der Waals surface area (Å²) in [5.41, 5.74) is 1.44. The first-order chi connectivity index (χ1) is 7.72. The first kappa shape index (κ1) is 11.3. The molecule has 0 unspecified atom stereocenters. The van der Waals surface area contributed by atoms with Crippen LogP contribution in [0.1, 0.15) is 6.42 Å². The molecule has 0 aliphatic rings. The van der Waals surface area contributed by atoms with Gasteiger partial charge in [-0.15, -0.1) is 0 Å². The van der Waals surface area contributed by atoms with Gasteiger partial charge in [-0.25, -0.2) is 0 Å². The number of rotatable bonds is 3. The number of fused-ring (bicyclic) bond motifs is 1. The Morgan fingerprint density at radius 2 is 2.38 bits per heavy atom. The average Bonchev–Trinajstić information content (AvgIpc) is 2.71. The molecule has 1 aromatic heterocycles. The minimum absolute atomic E-state index is 0.0975. The summed E-state index contributed by atoms with van der Waals surface area (Å²) in [6, 6.07) is 3.57. The number of thiol groups is 1. The highest BCUT2D eigenvalue weighted by atomic mass is 35.5. The lowest BCUT2D eigenvalue weighted by molar-refractivity contribution is -0.115. The summed E-state index contributed by atoms with van der Waals surface area (Å²) in [7, 11) is 0. The summed E-state index contributed by atoms with van der Waals surface area (Å²) in [6.07, 6.45) is 1.99. The zero-order valence-electron chi connectivity index (χ0n) is 8.33. The number of nitrogens with one attached hydrogen (secondary N) is 2. The van der Waals surface area contributed by atoms with Gasteiger partial charge in [0.05, 0.1) is 22.4 Å². The minimum Gasteiger partial charge on any atom is -0.325 e. The SMILES string of the molecule is O=C(CCS)Nc1ccc2[nH]ncc2c1Cl. The summed E-state index contributed by atoms with van der Waals surface area (Å²) in [5, 5.41) is 10.7. The lowest BCUT2D eigenvalue weighted by Crippen LogP contribution is -2.11. The van der Waals surface area contributed by atoms with E-state index >= 15 is 0 Å². The van der Waals surface area contributed by atoms with E-state index in [-0.39, 0.29) is 5.91 Å². The maximum Gasteiger partial charge on any atom is 0.225 e. The molecule has 0 spiro atoms. The van der Waals surface area contributed by atoms with Gasteiger partial charge in [-0.05, 0) is 17.9 Å². The van der Waals surface area contributed by atoms with Gasteiger partial charge in [0.25, 0.3) is 0 Å². The highest BCUT2D eigenvalue weighted by Crippen LogP contribution is 2.29. The van der Waals surface area contributed by atoms with Crippen LogP contribution in [0.5, 0.6) is 0 Å². The first-order valence-electron chi connectivity index (χ1n) is 4.74. The summed E-state index contributed by atoms with van der Waals surface area (Å²) in [6.45, 7) is 0. The number of anilines is 1. The molecule has 0 radical (unpaired) electrons. The van der Waals surface area contributed by atoms with E-state index < -0.39 is 0 Å². The summed E-state index contributed by atoms with van der Waals surface area (Å²) in [5.74, 6) is 0.414. The summed E-state index contributed by atoms with van der Waals surface area (Å²) in [4.78, 5) is 11.4. The second-order valence-electron chi connectivity index (χ2n) is 3.28. The molecular formula is C10H10ClN3OS. The Balaban J connectivity index is 2.30. The van der Waals surface area contributed by atoms with Gasteiger partial charge in [0.15, 0.2) is 0 Å². The zero-order valence-corrected chi connectivity index (χ0v) is 9.98. The maximum absolute atomic E-state index is 11.4. The Hall–Kier alpha value is -1.20. The standard InChI is InChI=1S/C10H10ClN3OS/c11-10-6-5-12-14-7(6)1-2-8(10)13-9(15)3-4-16/h1-2,5,16H,3-4H2,(H,12,14)(H,13,15). The second-order valence-corrected chi connectivity index (χ2v) is 4.11. The monoisotopic (exact) mass is 255 g/mol. The molecular weight excluding hydrogens is 246 g/mol. The number of H-pyrrole nitrogens is 1. The number of aromatic nitrogens is 2. The molecule has 84 valence electrons. The molecule has 2 aromatic rings. The normalized spacial score (nSPS) is 10.6.